The predicted octanol–water partition coefficient (Wildman–Crippen LogP) is 4.87. The van der Waals surface area contributed by atoms with Gasteiger partial charge in [0.15, 0.2) is 11.0 Å². The summed E-state index contributed by atoms with van der Waals surface area (Å²) in [6, 6.07) is 3.98. The van der Waals surface area contributed by atoms with Crippen molar-refractivity contribution in [2.24, 2.45) is 0 Å². The molecule has 1 amide bonds. The van der Waals surface area contributed by atoms with E-state index in [2.05, 4.69) is 15.5 Å². The van der Waals surface area contributed by atoms with E-state index in [9.17, 15) is 9.59 Å². The highest BCUT2D eigenvalue weighted by Gasteiger charge is 2.24. The molecule has 3 aromatic heterocycles. The third kappa shape index (κ3) is 4.76. The highest BCUT2D eigenvalue weighted by Crippen LogP contribution is 2.34. The van der Waals surface area contributed by atoms with E-state index in [1.54, 1.807) is 18.3 Å². The number of esters is 1. The van der Waals surface area contributed by atoms with Crippen molar-refractivity contribution in [3.05, 3.63) is 33.5 Å². The lowest BCUT2D eigenvalue weighted by Gasteiger charge is -2.08. The number of nitrogens with one attached hydrogen (secondary N) is 1. The van der Waals surface area contributed by atoms with Crippen molar-refractivity contribution >= 4 is 51.3 Å². The van der Waals surface area contributed by atoms with Gasteiger partial charge in [0, 0.05) is 11.4 Å². The van der Waals surface area contributed by atoms with Crippen LogP contribution in [0.1, 0.15) is 41.6 Å². The quantitative estimate of drug-likeness (QED) is 0.359. The summed E-state index contributed by atoms with van der Waals surface area (Å²) in [6.45, 7) is 8.73. The summed E-state index contributed by atoms with van der Waals surface area (Å²) in [5, 5.41) is 14.7. The largest absolute Gasteiger partial charge is 0.462 e. The molecule has 3 rings (SSSR count). The standard InChI is InChI=1S/C20H24N4O3S3/c1-5-13-12(4)30-18(16(13)19(26)27-7-3)21-15(25)11-29-20-23-22-17(24(20)6-2)14-9-8-10-28-14/h8-10H,5-7,11H2,1-4H3,(H,21,25). The predicted molar refractivity (Wildman–Crippen MR) is 123 cm³/mol. The molecule has 0 aromatic carbocycles. The van der Waals surface area contributed by atoms with Gasteiger partial charge in [-0.3, -0.25) is 4.79 Å². The number of carbonyl (C=O) groups excluding carboxylic acids is 2. The zero-order valence-electron chi connectivity index (χ0n) is 17.4. The molecule has 0 atom stereocenters. The number of thiophene rings is 2. The lowest BCUT2D eigenvalue weighted by atomic mass is 10.1. The van der Waals surface area contributed by atoms with Crippen molar-refractivity contribution in [2.75, 3.05) is 17.7 Å². The number of amides is 1. The van der Waals surface area contributed by atoms with Crippen LogP contribution in [0.25, 0.3) is 10.7 Å². The fourth-order valence-electron chi connectivity index (χ4n) is 3.07. The number of thioether (sulfide) groups is 1. The summed E-state index contributed by atoms with van der Waals surface area (Å²) in [5.41, 5.74) is 1.39. The Morgan fingerprint density at radius 1 is 1.27 bits per heavy atom. The second-order valence-electron chi connectivity index (χ2n) is 6.28. The molecule has 0 bridgehead atoms. The first-order chi connectivity index (χ1) is 14.5. The van der Waals surface area contributed by atoms with Crippen molar-refractivity contribution in [2.45, 2.75) is 45.8 Å². The first-order valence-corrected chi connectivity index (χ1v) is 12.4. The van der Waals surface area contributed by atoms with Crippen molar-refractivity contribution in [1.29, 1.82) is 0 Å². The van der Waals surface area contributed by atoms with Gasteiger partial charge < -0.3 is 14.6 Å². The monoisotopic (exact) mass is 464 g/mol. The molecule has 1 N–H and O–H groups in total. The van der Waals surface area contributed by atoms with Crippen LogP contribution in [0.3, 0.4) is 0 Å². The van der Waals surface area contributed by atoms with Gasteiger partial charge in [0.25, 0.3) is 0 Å². The van der Waals surface area contributed by atoms with Crippen molar-refractivity contribution in [1.82, 2.24) is 14.8 Å². The molecular weight excluding hydrogens is 440 g/mol. The maximum Gasteiger partial charge on any atom is 0.341 e. The average Bonchev–Trinajstić information content (AvgIpc) is 3.44. The fraction of sp³-hybridized carbons (Fsp3) is 0.400. The molecule has 0 aliphatic carbocycles. The summed E-state index contributed by atoms with van der Waals surface area (Å²) < 4.78 is 7.19. The van der Waals surface area contributed by atoms with E-state index >= 15 is 0 Å². The molecule has 0 aliphatic heterocycles. The van der Waals surface area contributed by atoms with E-state index < -0.39 is 5.97 Å². The van der Waals surface area contributed by atoms with E-state index in [4.69, 9.17) is 4.74 Å². The molecule has 3 heterocycles. The number of hydrogen-bond acceptors (Lipinski definition) is 8. The van der Waals surface area contributed by atoms with Gasteiger partial charge in [-0.2, -0.15) is 0 Å². The Morgan fingerprint density at radius 2 is 2.07 bits per heavy atom. The molecule has 0 saturated heterocycles. The van der Waals surface area contributed by atoms with Gasteiger partial charge in [-0.25, -0.2) is 4.79 Å². The molecule has 0 fully saturated rings. The first-order valence-electron chi connectivity index (χ1n) is 9.69. The van der Waals surface area contributed by atoms with Crippen LogP contribution in [-0.2, 0) is 22.5 Å². The molecule has 0 saturated carbocycles. The van der Waals surface area contributed by atoms with Crippen LogP contribution < -0.4 is 5.32 Å². The van der Waals surface area contributed by atoms with Gasteiger partial charge in [0.1, 0.15) is 5.00 Å². The smallest absolute Gasteiger partial charge is 0.341 e. The molecule has 0 spiro atoms. The number of aromatic nitrogens is 3. The summed E-state index contributed by atoms with van der Waals surface area (Å²) >= 11 is 4.34. The third-order valence-corrected chi connectivity index (χ3v) is 7.30. The van der Waals surface area contributed by atoms with Crippen molar-refractivity contribution in [3.8, 4) is 10.7 Å². The van der Waals surface area contributed by atoms with Crippen molar-refractivity contribution < 1.29 is 14.3 Å². The van der Waals surface area contributed by atoms with E-state index in [1.807, 2.05) is 42.9 Å². The van der Waals surface area contributed by atoms with Gasteiger partial charge in [0.2, 0.25) is 5.91 Å². The van der Waals surface area contributed by atoms with Crippen LogP contribution in [0.4, 0.5) is 5.00 Å². The number of carbonyl (C=O) groups is 2. The average molecular weight is 465 g/mol. The fourth-order valence-corrected chi connectivity index (χ4v) is 5.74. The van der Waals surface area contributed by atoms with E-state index in [-0.39, 0.29) is 11.7 Å². The Morgan fingerprint density at radius 3 is 2.70 bits per heavy atom. The van der Waals surface area contributed by atoms with Crippen LogP contribution in [0, 0.1) is 6.92 Å². The number of hydrogen-bond donors (Lipinski definition) is 1. The Labute approximate surface area is 187 Å². The van der Waals surface area contributed by atoms with Gasteiger partial charge >= 0.3 is 5.97 Å². The lowest BCUT2D eigenvalue weighted by molar-refractivity contribution is -0.113. The number of aryl methyl sites for hydroxylation is 1. The number of anilines is 1. The highest BCUT2D eigenvalue weighted by atomic mass is 32.2. The van der Waals surface area contributed by atoms with E-state index in [0.29, 0.717) is 35.3 Å². The van der Waals surface area contributed by atoms with Gasteiger partial charge in [0.05, 0.1) is 22.8 Å². The van der Waals surface area contributed by atoms with Gasteiger partial charge in [-0.05, 0) is 44.2 Å². The minimum absolute atomic E-state index is 0.170. The van der Waals surface area contributed by atoms with Crippen LogP contribution in [0.2, 0.25) is 0 Å². The molecule has 3 aromatic rings. The second-order valence-corrected chi connectivity index (χ2v) is 9.39. The van der Waals surface area contributed by atoms with Gasteiger partial charge in [-0.15, -0.1) is 32.9 Å². The summed E-state index contributed by atoms with van der Waals surface area (Å²) in [6.07, 6.45) is 0.701. The van der Waals surface area contributed by atoms with Crippen LogP contribution in [-0.4, -0.2) is 39.0 Å². The maximum atomic E-state index is 12.6. The van der Waals surface area contributed by atoms with Gasteiger partial charge in [-0.1, -0.05) is 24.8 Å². The molecule has 7 nitrogen and oxygen atoms in total. The number of nitrogens with zero attached hydrogens (tertiary/aromatic N) is 3. The summed E-state index contributed by atoms with van der Waals surface area (Å²) in [5.74, 6) is 0.385. The first kappa shape index (κ1) is 22.5. The third-order valence-electron chi connectivity index (χ3n) is 4.40. The Bertz CT molecular complexity index is 1020. The van der Waals surface area contributed by atoms with Crippen molar-refractivity contribution in [3.63, 3.8) is 0 Å². The zero-order valence-corrected chi connectivity index (χ0v) is 19.8. The molecule has 0 aliphatic rings. The molecule has 160 valence electrons. The van der Waals surface area contributed by atoms with Crippen LogP contribution in [0.15, 0.2) is 22.7 Å². The molecule has 0 unspecified atom stereocenters. The zero-order chi connectivity index (χ0) is 21.7. The van der Waals surface area contributed by atoms with Crippen LogP contribution >= 0.6 is 34.4 Å². The maximum absolute atomic E-state index is 12.6. The Hall–Kier alpha value is -2.17. The minimum atomic E-state index is -0.395. The Kier molecular flexibility index (Phi) is 7.68. The molecular formula is C20H24N4O3S3. The minimum Gasteiger partial charge on any atom is -0.462 e. The summed E-state index contributed by atoms with van der Waals surface area (Å²) in [4.78, 5) is 27.1. The number of rotatable bonds is 9. The lowest BCUT2D eigenvalue weighted by Crippen LogP contribution is -2.17. The highest BCUT2D eigenvalue weighted by molar-refractivity contribution is 7.99. The normalized spacial score (nSPS) is 10.9. The molecule has 30 heavy (non-hydrogen) atoms. The Balaban J connectivity index is 1.72. The SMILES string of the molecule is CCOC(=O)c1c(NC(=O)CSc2nnc(-c3cccs3)n2CC)sc(C)c1CC. The summed E-state index contributed by atoms with van der Waals surface area (Å²) in [7, 11) is 0. The topological polar surface area (TPSA) is 86.1 Å². The van der Waals surface area contributed by atoms with Crippen LogP contribution in [0.5, 0.6) is 0 Å². The molecule has 10 heteroatoms. The second kappa shape index (κ2) is 10.2. The number of ether oxygens (including phenoxy) is 1. The molecule has 0 radical (unpaired) electrons. The van der Waals surface area contributed by atoms with E-state index in [0.717, 1.165) is 21.1 Å². The van der Waals surface area contributed by atoms with E-state index in [1.165, 1.54) is 23.1 Å².